The van der Waals surface area contributed by atoms with Gasteiger partial charge in [0.15, 0.2) is 11.6 Å². The van der Waals surface area contributed by atoms with Crippen molar-refractivity contribution in [1.29, 1.82) is 0 Å². The fourth-order valence-electron chi connectivity index (χ4n) is 2.40. The molecule has 0 aliphatic carbocycles. The summed E-state index contributed by atoms with van der Waals surface area (Å²) in [6.45, 7) is 0.920. The van der Waals surface area contributed by atoms with E-state index in [4.69, 9.17) is 0 Å². The molecular weight excluding hydrogens is 312 g/mol. The van der Waals surface area contributed by atoms with Crippen LogP contribution < -0.4 is 10.2 Å². The first-order valence-corrected chi connectivity index (χ1v) is 8.05. The van der Waals surface area contributed by atoms with Crippen molar-refractivity contribution in [3.63, 3.8) is 0 Å². The number of sulfone groups is 1. The zero-order valence-electron chi connectivity index (χ0n) is 11.7. The zero-order chi connectivity index (χ0) is 15.9. The third-order valence-electron chi connectivity index (χ3n) is 3.47. The number of rotatable bonds is 2. The quantitative estimate of drug-likeness (QED) is 0.856. The second-order valence-corrected chi connectivity index (χ2v) is 6.79. The summed E-state index contributed by atoms with van der Waals surface area (Å²) in [5, 5.41) is 2.80. The second kappa shape index (κ2) is 5.20. The minimum absolute atomic E-state index is 0.0298. The molecule has 1 aromatic carbocycles. The third-order valence-corrected chi connectivity index (χ3v) is 5.28. The van der Waals surface area contributed by atoms with Crippen LogP contribution in [-0.4, -0.2) is 33.5 Å². The van der Waals surface area contributed by atoms with Crippen molar-refractivity contribution in [2.45, 2.75) is 9.79 Å². The topological polar surface area (TPSA) is 62.3 Å². The summed E-state index contributed by atoms with van der Waals surface area (Å²) in [5.74, 6) is -2.86. The molecule has 1 aliphatic rings. The average molecular weight is 325 g/mol. The van der Waals surface area contributed by atoms with E-state index in [0.29, 0.717) is 13.1 Å². The molecule has 0 saturated carbocycles. The van der Waals surface area contributed by atoms with E-state index in [0.717, 1.165) is 0 Å². The molecule has 8 heteroatoms. The Bertz CT molecular complexity index is 826. The van der Waals surface area contributed by atoms with Crippen LogP contribution in [0.3, 0.4) is 0 Å². The Kier molecular flexibility index (Phi) is 3.48. The molecule has 0 amide bonds. The van der Waals surface area contributed by atoms with E-state index in [1.165, 1.54) is 24.3 Å². The number of hydrogen-bond acceptors (Lipinski definition) is 5. The van der Waals surface area contributed by atoms with Gasteiger partial charge in [-0.2, -0.15) is 9.37 Å². The highest BCUT2D eigenvalue weighted by Gasteiger charge is 2.34. The lowest BCUT2D eigenvalue weighted by Crippen LogP contribution is -2.33. The Morgan fingerprint density at radius 2 is 1.91 bits per heavy atom. The third kappa shape index (κ3) is 2.19. The second-order valence-electron chi connectivity index (χ2n) is 4.91. The monoisotopic (exact) mass is 325 g/mol. The molecule has 0 bridgehead atoms. The fraction of sp³-hybridized carbons (Fsp3) is 0.214. The van der Waals surface area contributed by atoms with Crippen molar-refractivity contribution in [1.82, 2.24) is 4.98 Å². The Balaban J connectivity index is 2.34. The van der Waals surface area contributed by atoms with Crippen LogP contribution in [0, 0.1) is 11.8 Å². The van der Waals surface area contributed by atoms with Crippen molar-refractivity contribution in [3.05, 3.63) is 42.1 Å². The van der Waals surface area contributed by atoms with E-state index in [-0.39, 0.29) is 16.4 Å². The molecule has 2 aromatic rings. The lowest BCUT2D eigenvalue weighted by Gasteiger charge is -2.29. The minimum Gasteiger partial charge on any atom is -0.369 e. The Morgan fingerprint density at radius 1 is 1.23 bits per heavy atom. The average Bonchev–Trinajstić information content (AvgIpc) is 2.50. The van der Waals surface area contributed by atoms with Gasteiger partial charge >= 0.3 is 0 Å². The molecule has 0 unspecified atom stereocenters. The van der Waals surface area contributed by atoms with Gasteiger partial charge in [-0.05, 0) is 12.1 Å². The maximum Gasteiger partial charge on any atom is 0.252 e. The maximum atomic E-state index is 14.3. The number of aromatic nitrogens is 1. The number of pyridine rings is 1. The summed E-state index contributed by atoms with van der Waals surface area (Å²) < 4.78 is 53.5. The first-order valence-electron chi connectivity index (χ1n) is 6.57. The van der Waals surface area contributed by atoms with Gasteiger partial charge in [-0.25, -0.2) is 12.8 Å². The molecule has 1 N–H and O–H groups in total. The molecule has 0 fully saturated rings. The fourth-order valence-corrected chi connectivity index (χ4v) is 3.98. The number of halogens is 2. The van der Waals surface area contributed by atoms with Crippen LogP contribution in [0.5, 0.6) is 0 Å². The summed E-state index contributed by atoms with van der Waals surface area (Å²) in [5.41, 5.74) is 0.0500. The van der Waals surface area contributed by atoms with Gasteiger partial charge in [0.2, 0.25) is 9.84 Å². The predicted octanol–water partition coefficient (Wildman–Crippen LogP) is 2.05. The highest BCUT2D eigenvalue weighted by molar-refractivity contribution is 7.91. The molecule has 0 spiro atoms. The van der Waals surface area contributed by atoms with Crippen molar-refractivity contribution in [3.8, 4) is 0 Å². The smallest absolute Gasteiger partial charge is 0.252 e. The molecule has 116 valence electrons. The SMILES string of the molecule is CN1CCNc2nc(F)c(F)c(S(=O)(=O)c3ccccc3)c21. The highest BCUT2D eigenvalue weighted by Crippen LogP contribution is 2.38. The van der Waals surface area contributed by atoms with Crippen LogP contribution in [0.2, 0.25) is 0 Å². The Labute approximate surface area is 126 Å². The van der Waals surface area contributed by atoms with Gasteiger partial charge in [0.25, 0.3) is 5.95 Å². The lowest BCUT2D eigenvalue weighted by atomic mass is 10.3. The maximum absolute atomic E-state index is 14.3. The molecule has 0 radical (unpaired) electrons. The summed E-state index contributed by atoms with van der Waals surface area (Å²) in [6, 6.07) is 7.38. The summed E-state index contributed by atoms with van der Waals surface area (Å²) in [6.07, 6.45) is 0. The van der Waals surface area contributed by atoms with E-state index in [1.807, 2.05) is 0 Å². The van der Waals surface area contributed by atoms with E-state index in [2.05, 4.69) is 10.3 Å². The first kappa shape index (κ1) is 14.7. The standard InChI is InChI=1S/C14H13F2N3O2S/c1-19-8-7-17-14-11(19)12(10(15)13(16)18-14)22(20,21)9-5-3-2-4-6-9/h2-6H,7-8H2,1H3,(H,17,18). The van der Waals surface area contributed by atoms with Crippen LogP contribution in [0.1, 0.15) is 0 Å². The van der Waals surface area contributed by atoms with Crippen LogP contribution in [-0.2, 0) is 9.84 Å². The van der Waals surface area contributed by atoms with Crippen LogP contribution in [0.15, 0.2) is 40.1 Å². The number of anilines is 2. The number of fused-ring (bicyclic) bond motifs is 1. The molecule has 22 heavy (non-hydrogen) atoms. The number of nitrogens with zero attached hydrogens (tertiary/aromatic N) is 2. The predicted molar refractivity (Wildman–Crippen MR) is 77.8 cm³/mol. The Hall–Kier alpha value is -2.22. The largest absolute Gasteiger partial charge is 0.369 e. The zero-order valence-corrected chi connectivity index (χ0v) is 12.5. The van der Waals surface area contributed by atoms with Crippen molar-refractivity contribution in [2.24, 2.45) is 0 Å². The molecule has 1 aliphatic heterocycles. The van der Waals surface area contributed by atoms with Crippen LogP contribution in [0.4, 0.5) is 20.3 Å². The van der Waals surface area contributed by atoms with Crippen molar-refractivity contribution in [2.75, 3.05) is 30.4 Å². The van der Waals surface area contributed by atoms with E-state index in [1.54, 1.807) is 18.0 Å². The van der Waals surface area contributed by atoms with E-state index >= 15 is 0 Å². The molecule has 5 nitrogen and oxygen atoms in total. The molecular formula is C14H13F2N3O2S. The molecule has 0 saturated heterocycles. The molecule has 0 atom stereocenters. The lowest BCUT2D eigenvalue weighted by molar-refractivity contribution is 0.458. The van der Waals surface area contributed by atoms with E-state index in [9.17, 15) is 17.2 Å². The van der Waals surface area contributed by atoms with E-state index < -0.39 is 26.5 Å². The van der Waals surface area contributed by atoms with Gasteiger partial charge in [-0.1, -0.05) is 18.2 Å². The molecule has 3 rings (SSSR count). The van der Waals surface area contributed by atoms with Crippen molar-refractivity contribution < 1.29 is 17.2 Å². The van der Waals surface area contributed by atoms with Crippen LogP contribution in [0.25, 0.3) is 0 Å². The van der Waals surface area contributed by atoms with Gasteiger partial charge in [-0.15, -0.1) is 0 Å². The van der Waals surface area contributed by atoms with Gasteiger partial charge in [0, 0.05) is 20.1 Å². The number of nitrogens with one attached hydrogen (secondary N) is 1. The van der Waals surface area contributed by atoms with Crippen LogP contribution >= 0.6 is 0 Å². The first-order chi connectivity index (χ1) is 10.4. The van der Waals surface area contributed by atoms with Crippen molar-refractivity contribution >= 4 is 21.3 Å². The molecule has 2 heterocycles. The summed E-state index contributed by atoms with van der Waals surface area (Å²) in [7, 11) is -2.59. The number of likely N-dealkylation sites (N-methyl/N-ethyl adjacent to an activating group) is 1. The molecule has 1 aromatic heterocycles. The van der Waals surface area contributed by atoms with Gasteiger partial charge in [0.05, 0.1) is 4.90 Å². The van der Waals surface area contributed by atoms with Gasteiger partial charge in [0.1, 0.15) is 10.6 Å². The van der Waals surface area contributed by atoms with Gasteiger partial charge < -0.3 is 10.2 Å². The summed E-state index contributed by atoms with van der Waals surface area (Å²) in [4.78, 5) is 4.24. The Morgan fingerprint density at radius 3 is 2.59 bits per heavy atom. The van der Waals surface area contributed by atoms with Gasteiger partial charge in [-0.3, -0.25) is 0 Å². The summed E-state index contributed by atoms with van der Waals surface area (Å²) >= 11 is 0. The number of benzene rings is 1. The minimum atomic E-state index is -4.20. The number of hydrogen-bond donors (Lipinski definition) is 1. The highest BCUT2D eigenvalue weighted by atomic mass is 32.2. The normalized spacial score (nSPS) is 14.4.